The van der Waals surface area contributed by atoms with Gasteiger partial charge in [0.15, 0.2) is 11.5 Å². The monoisotopic (exact) mass is 587 g/mol. The van der Waals surface area contributed by atoms with E-state index in [4.69, 9.17) is 14.6 Å². The average molecular weight is 588 g/mol. The molecule has 1 N–H and O–H groups in total. The number of fused-ring (bicyclic) bond motifs is 2. The standard InChI is InChI=1S/C31H30FN5O4S/c1-31(2,3)29-27-28(19-7-12-23-24(14-19)41-18-40-23)42-17-26(39)36(16-25(38)34-15-21-6-4-5-13-33-21)30(27)37(35-29)22-10-8-20(32)9-11-22/h4-14,28H,15-18H2,1-3H3,(H,34,38)/t28-/m0/s1. The summed E-state index contributed by atoms with van der Waals surface area (Å²) >= 11 is 1.47. The molecule has 0 aliphatic carbocycles. The Morgan fingerprint density at radius 2 is 1.88 bits per heavy atom. The summed E-state index contributed by atoms with van der Waals surface area (Å²) in [5.74, 6) is 0.962. The average Bonchev–Trinajstić information content (AvgIpc) is 3.58. The summed E-state index contributed by atoms with van der Waals surface area (Å²) in [7, 11) is 0. The molecule has 9 nitrogen and oxygen atoms in total. The molecule has 0 saturated heterocycles. The lowest BCUT2D eigenvalue weighted by Crippen LogP contribution is -2.42. The number of halogens is 1. The zero-order valence-corrected chi connectivity index (χ0v) is 24.3. The number of pyridine rings is 1. The van der Waals surface area contributed by atoms with Crippen molar-refractivity contribution in [2.45, 2.75) is 38.0 Å². The van der Waals surface area contributed by atoms with Crippen LogP contribution in [0.1, 0.15) is 48.5 Å². The van der Waals surface area contributed by atoms with Crippen LogP contribution in [0.4, 0.5) is 10.2 Å². The van der Waals surface area contributed by atoms with E-state index in [9.17, 15) is 14.0 Å². The van der Waals surface area contributed by atoms with Crippen molar-refractivity contribution in [2.24, 2.45) is 0 Å². The number of carbonyl (C=O) groups is 2. The molecule has 6 rings (SSSR count). The van der Waals surface area contributed by atoms with Gasteiger partial charge in [0.25, 0.3) is 0 Å². The lowest BCUT2D eigenvalue weighted by atomic mass is 9.87. The highest BCUT2D eigenvalue weighted by molar-refractivity contribution is 8.00. The number of nitrogens with zero attached hydrogens (tertiary/aromatic N) is 4. The summed E-state index contributed by atoms with van der Waals surface area (Å²) in [6, 6.07) is 17.2. The normalized spacial score (nSPS) is 16.2. The number of thioether (sulfide) groups is 1. The van der Waals surface area contributed by atoms with Crippen LogP contribution in [0.5, 0.6) is 11.5 Å². The summed E-state index contributed by atoms with van der Waals surface area (Å²) in [6.07, 6.45) is 1.66. The molecule has 0 radical (unpaired) electrons. The molecule has 0 spiro atoms. The third kappa shape index (κ3) is 5.44. The molecule has 2 aliphatic rings. The summed E-state index contributed by atoms with van der Waals surface area (Å²) < 4.78 is 26.8. The molecule has 11 heteroatoms. The van der Waals surface area contributed by atoms with E-state index in [1.165, 1.54) is 28.8 Å². The predicted molar refractivity (Wildman–Crippen MR) is 158 cm³/mol. The van der Waals surface area contributed by atoms with Crippen LogP contribution in [0.25, 0.3) is 5.69 Å². The minimum absolute atomic E-state index is 0.133. The Hall–Kier alpha value is -4.38. The van der Waals surface area contributed by atoms with E-state index in [0.717, 1.165) is 16.8 Å². The second kappa shape index (κ2) is 11.1. The maximum Gasteiger partial charge on any atom is 0.240 e. The van der Waals surface area contributed by atoms with Crippen LogP contribution in [-0.2, 0) is 21.5 Å². The fourth-order valence-corrected chi connectivity index (χ4v) is 6.25. The molecule has 2 aromatic heterocycles. The molecule has 216 valence electrons. The van der Waals surface area contributed by atoms with Gasteiger partial charge in [-0.3, -0.25) is 19.5 Å². The van der Waals surface area contributed by atoms with Crippen molar-refractivity contribution in [1.82, 2.24) is 20.1 Å². The number of aromatic nitrogens is 3. The third-order valence-electron chi connectivity index (χ3n) is 7.06. The Balaban J connectivity index is 1.48. The van der Waals surface area contributed by atoms with Gasteiger partial charge in [-0.05, 0) is 54.1 Å². The quantitative estimate of drug-likeness (QED) is 0.342. The molecule has 0 fully saturated rings. The van der Waals surface area contributed by atoms with Crippen molar-refractivity contribution in [2.75, 3.05) is 24.0 Å². The van der Waals surface area contributed by atoms with Gasteiger partial charge >= 0.3 is 0 Å². The molecule has 0 saturated carbocycles. The summed E-state index contributed by atoms with van der Waals surface area (Å²) in [6.45, 7) is 6.34. The van der Waals surface area contributed by atoms with Crippen molar-refractivity contribution in [3.8, 4) is 17.2 Å². The summed E-state index contributed by atoms with van der Waals surface area (Å²) in [5, 5.41) is 7.61. The zero-order valence-electron chi connectivity index (χ0n) is 23.5. The van der Waals surface area contributed by atoms with E-state index in [1.54, 1.807) is 29.1 Å². The van der Waals surface area contributed by atoms with Gasteiger partial charge in [0.05, 0.1) is 34.6 Å². The number of carbonyl (C=O) groups excluding carboxylic acids is 2. The van der Waals surface area contributed by atoms with E-state index in [2.05, 4.69) is 31.1 Å². The van der Waals surface area contributed by atoms with E-state index in [-0.39, 0.29) is 48.5 Å². The largest absolute Gasteiger partial charge is 0.454 e. The summed E-state index contributed by atoms with van der Waals surface area (Å²) in [5.41, 5.74) is 3.36. The van der Waals surface area contributed by atoms with Crippen molar-refractivity contribution < 1.29 is 23.5 Å². The van der Waals surface area contributed by atoms with Crippen molar-refractivity contribution in [1.29, 1.82) is 0 Å². The lowest BCUT2D eigenvalue weighted by molar-refractivity contribution is -0.123. The lowest BCUT2D eigenvalue weighted by Gasteiger charge is -2.24. The topological polar surface area (TPSA) is 98.6 Å². The minimum atomic E-state index is -0.426. The fraction of sp³-hybridized carbons (Fsp3) is 0.290. The molecule has 1 atom stereocenters. The second-order valence-electron chi connectivity index (χ2n) is 11.1. The van der Waals surface area contributed by atoms with Gasteiger partial charge in [-0.2, -0.15) is 5.10 Å². The zero-order chi connectivity index (χ0) is 29.4. The van der Waals surface area contributed by atoms with E-state index < -0.39 is 5.41 Å². The first-order valence-corrected chi connectivity index (χ1v) is 14.6. The number of rotatable bonds is 6. The Labute approximate surface area is 247 Å². The number of nitrogens with one attached hydrogen (secondary N) is 1. The van der Waals surface area contributed by atoms with Crippen LogP contribution in [0.2, 0.25) is 0 Å². The first-order chi connectivity index (χ1) is 20.2. The van der Waals surface area contributed by atoms with Gasteiger partial charge in [-0.15, -0.1) is 11.8 Å². The maximum absolute atomic E-state index is 14.0. The maximum atomic E-state index is 14.0. The minimum Gasteiger partial charge on any atom is -0.454 e. The first kappa shape index (κ1) is 27.8. The first-order valence-electron chi connectivity index (χ1n) is 13.6. The molecule has 0 bridgehead atoms. The van der Waals surface area contributed by atoms with Crippen LogP contribution in [0.3, 0.4) is 0 Å². The van der Waals surface area contributed by atoms with E-state index >= 15 is 0 Å². The molecule has 2 amide bonds. The third-order valence-corrected chi connectivity index (χ3v) is 8.32. The highest BCUT2D eigenvalue weighted by Gasteiger charge is 2.40. The second-order valence-corrected chi connectivity index (χ2v) is 12.2. The van der Waals surface area contributed by atoms with Gasteiger partial charge < -0.3 is 14.8 Å². The number of hydrogen-bond acceptors (Lipinski definition) is 7. The Kier molecular flexibility index (Phi) is 7.36. The highest BCUT2D eigenvalue weighted by atomic mass is 32.2. The Morgan fingerprint density at radius 1 is 1.10 bits per heavy atom. The number of anilines is 1. The molecular weight excluding hydrogens is 557 g/mol. The number of amides is 2. The molecule has 42 heavy (non-hydrogen) atoms. The van der Waals surface area contributed by atoms with Gasteiger partial charge in [0, 0.05) is 17.2 Å². The van der Waals surface area contributed by atoms with Gasteiger partial charge in [-0.1, -0.05) is 32.9 Å². The predicted octanol–water partition coefficient (Wildman–Crippen LogP) is 4.92. The van der Waals surface area contributed by atoms with Crippen LogP contribution < -0.4 is 19.7 Å². The van der Waals surface area contributed by atoms with Gasteiger partial charge in [-0.25, -0.2) is 9.07 Å². The van der Waals surface area contributed by atoms with Gasteiger partial charge in [0.1, 0.15) is 18.2 Å². The van der Waals surface area contributed by atoms with Crippen LogP contribution in [0.15, 0.2) is 66.9 Å². The number of hydrogen-bond donors (Lipinski definition) is 1. The Bertz CT molecular complexity index is 1640. The molecule has 4 heterocycles. The number of ether oxygens (including phenoxy) is 2. The fourth-order valence-electron chi connectivity index (χ4n) is 5.07. The van der Waals surface area contributed by atoms with Crippen molar-refractivity contribution >= 4 is 29.4 Å². The highest BCUT2D eigenvalue weighted by Crippen LogP contribution is 2.49. The van der Waals surface area contributed by atoms with E-state index in [1.807, 2.05) is 30.3 Å². The molecule has 2 aliphatic heterocycles. The Morgan fingerprint density at radius 3 is 2.62 bits per heavy atom. The van der Waals surface area contributed by atoms with Crippen LogP contribution >= 0.6 is 11.8 Å². The smallest absolute Gasteiger partial charge is 0.240 e. The van der Waals surface area contributed by atoms with Crippen LogP contribution in [-0.4, -0.2) is 45.7 Å². The number of benzene rings is 2. The van der Waals surface area contributed by atoms with Gasteiger partial charge in [0.2, 0.25) is 18.6 Å². The van der Waals surface area contributed by atoms with Crippen molar-refractivity contribution in [3.63, 3.8) is 0 Å². The molecule has 0 unspecified atom stereocenters. The molecule has 4 aromatic rings. The van der Waals surface area contributed by atoms with E-state index in [0.29, 0.717) is 28.7 Å². The van der Waals surface area contributed by atoms with Crippen molar-refractivity contribution in [3.05, 3.63) is 95.2 Å². The van der Waals surface area contributed by atoms with Crippen LogP contribution in [0, 0.1) is 5.82 Å². The molecule has 2 aromatic carbocycles. The molecular formula is C31H30FN5O4S. The SMILES string of the molecule is CC(C)(C)c1nn(-c2ccc(F)cc2)c2c1[C@H](c1ccc3c(c1)OCO3)SCC(=O)N2CC(=O)NCc1ccccn1. The summed E-state index contributed by atoms with van der Waals surface area (Å²) in [4.78, 5) is 32.8.